The molecule has 1 rings (SSSR count). The van der Waals surface area contributed by atoms with Crippen LogP contribution in [0.15, 0.2) is 0 Å². The van der Waals surface area contributed by atoms with Crippen LogP contribution in [-0.2, 0) is 9.53 Å². The van der Waals surface area contributed by atoms with E-state index in [1.54, 1.807) is 11.8 Å². The van der Waals surface area contributed by atoms with Gasteiger partial charge in [-0.1, -0.05) is 0 Å². The highest BCUT2D eigenvalue weighted by Crippen LogP contribution is 2.34. The maximum atomic E-state index is 11.5. The van der Waals surface area contributed by atoms with Gasteiger partial charge in [-0.25, -0.2) is 0 Å². The number of carbonyl (C=O) groups is 1. The molecule has 1 aliphatic carbocycles. The number of carbonyl (C=O) groups excluding carboxylic acids is 1. The summed E-state index contributed by atoms with van der Waals surface area (Å²) in [5, 5.41) is 9.11. The van der Waals surface area contributed by atoms with Gasteiger partial charge in [0.1, 0.15) is 5.54 Å². The summed E-state index contributed by atoms with van der Waals surface area (Å²) >= 11 is 1.69. The van der Waals surface area contributed by atoms with Gasteiger partial charge in [-0.2, -0.15) is 11.8 Å². The lowest BCUT2D eigenvalue weighted by Crippen LogP contribution is -2.52. The van der Waals surface area contributed by atoms with Gasteiger partial charge in [-0.3, -0.25) is 4.79 Å². The van der Waals surface area contributed by atoms with Crippen LogP contribution in [0.25, 0.3) is 0 Å². The molecule has 1 aliphatic rings. The van der Waals surface area contributed by atoms with Crippen molar-refractivity contribution < 1.29 is 14.6 Å². The van der Waals surface area contributed by atoms with Gasteiger partial charge in [0.25, 0.3) is 0 Å². The summed E-state index contributed by atoms with van der Waals surface area (Å²) in [5.41, 5.74) is 5.22. The normalized spacial score (nSPS) is 31.3. The maximum absolute atomic E-state index is 11.5. The molecule has 0 aliphatic heterocycles. The van der Waals surface area contributed by atoms with Gasteiger partial charge < -0.3 is 15.6 Å². The molecule has 1 saturated carbocycles. The Bertz CT molecular complexity index is 225. The highest BCUT2D eigenvalue weighted by Gasteiger charge is 2.40. The second-order valence-electron chi connectivity index (χ2n) is 3.96. The van der Waals surface area contributed by atoms with Crippen LogP contribution < -0.4 is 5.73 Å². The fraction of sp³-hybridized carbons (Fsp3) is 0.900. The largest absolute Gasteiger partial charge is 0.468 e. The van der Waals surface area contributed by atoms with Crippen molar-refractivity contribution in [2.24, 2.45) is 5.73 Å². The van der Waals surface area contributed by atoms with Crippen molar-refractivity contribution in [1.82, 2.24) is 0 Å². The number of thioether (sulfide) groups is 1. The maximum Gasteiger partial charge on any atom is 0.325 e. The first kappa shape index (κ1) is 12.8. The topological polar surface area (TPSA) is 72.5 Å². The number of esters is 1. The number of rotatable bonds is 4. The Hall–Kier alpha value is -0.260. The Balaban J connectivity index is 2.50. The predicted octanol–water partition coefficient (Wildman–Crippen LogP) is 0.525. The van der Waals surface area contributed by atoms with E-state index in [-0.39, 0.29) is 12.6 Å². The van der Waals surface area contributed by atoms with Gasteiger partial charge >= 0.3 is 5.97 Å². The number of ether oxygens (including phenoxy) is 1. The second kappa shape index (κ2) is 5.72. The van der Waals surface area contributed by atoms with Gasteiger partial charge in [-0.05, 0) is 25.7 Å². The Morgan fingerprint density at radius 3 is 3.07 bits per heavy atom. The first-order valence-corrected chi connectivity index (χ1v) is 6.27. The Morgan fingerprint density at radius 2 is 2.47 bits per heavy atom. The highest BCUT2D eigenvalue weighted by atomic mass is 32.2. The number of hydrogen-bond acceptors (Lipinski definition) is 5. The Labute approximate surface area is 94.6 Å². The van der Waals surface area contributed by atoms with Crippen LogP contribution in [0, 0.1) is 0 Å². The Kier molecular flexibility index (Phi) is 4.89. The van der Waals surface area contributed by atoms with Gasteiger partial charge in [0.2, 0.25) is 0 Å². The molecule has 5 heteroatoms. The molecule has 0 spiro atoms. The molecule has 88 valence electrons. The van der Waals surface area contributed by atoms with Gasteiger partial charge in [-0.15, -0.1) is 0 Å². The molecule has 0 radical (unpaired) electrons. The third kappa shape index (κ3) is 3.36. The van der Waals surface area contributed by atoms with Crippen molar-refractivity contribution in [2.75, 3.05) is 19.5 Å². The first-order chi connectivity index (χ1) is 7.12. The zero-order valence-electron chi connectivity index (χ0n) is 9.07. The van der Waals surface area contributed by atoms with E-state index in [4.69, 9.17) is 15.6 Å². The monoisotopic (exact) mass is 233 g/mol. The molecule has 2 atom stereocenters. The molecule has 0 saturated heterocycles. The molecule has 2 unspecified atom stereocenters. The predicted molar refractivity (Wildman–Crippen MR) is 60.7 cm³/mol. The molecule has 3 N–H and O–H groups in total. The minimum atomic E-state index is -0.805. The van der Waals surface area contributed by atoms with Crippen molar-refractivity contribution in [3.8, 4) is 0 Å². The van der Waals surface area contributed by atoms with E-state index in [1.165, 1.54) is 7.11 Å². The standard InChI is InChI=1S/C10H19NO3S/c1-14-9(13)10(11)4-2-3-8(7-10)15-6-5-12/h8,12H,2-7,11H2,1H3. The lowest BCUT2D eigenvalue weighted by Gasteiger charge is -2.35. The van der Waals surface area contributed by atoms with Crippen LogP contribution >= 0.6 is 11.8 Å². The first-order valence-electron chi connectivity index (χ1n) is 5.22. The van der Waals surface area contributed by atoms with Crippen LogP contribution in [-0.4, -0.2) is 41.3 Å². The van der Waals surface area contributed by atoms with Crippen LogP contribution in [0.5, 0.6) is 0 Å². The smallest absolute Gasteiger partial charge is 0.325 e. The summed E-state index contributed by atoms with van der Waals surface area (Å²) in [6.07, 6.45) is 3.38. The second-order valence-corrected chi connectivity index (χ2v) is 5.37. The summed E-state index contributed by atoms with van der Waals surface area (Å²) in [4.78, 5) is 11.5. The van der Waals surface area contributed by atoms with E-state index in [0.29, 0.717) is 23.8 Å². The van der Waals surface area contributed by atoms with Gasteiger partial charge in [0.05, 0.1) is 13.7 Å². The number of nitrogens with two attached hydrogens (primary N) is 1. The minimum absolute atomic E-state index is 0.178. The van der Waals surface area contributed by atoms with E-state index in [1.807, 2.05) is 0 Å². The molecule has 0 heterocycles. The summed E-state index contributed by atoms with van der Waals surface area (Å²) in [7, 11) is 1.38. The van der Waals surface area contributed by atoms with Crippen LogP contribution in [0.4, 0.5) is 0 Å². The molecule has 1 fully saturated rings. The quantitative estimate of drug-likeness (QED) is 0.693. The van der Waals surface area contributed by atoms with Crippen LogP contribution in [0.1, 0.15) is 25.7 Å². The van der Waals surface area contributed by atoms with Crippen molar-refractivity contribution in [3.63, 3.8) is 0 Å². The summed E-state index contributed by atoms with van der Waals surface area (Å²) in [6.45, 7) is 0.178. The molecule has 0 bridgehead atoms. The number of aliphatic hydroxyl groups is 1. The molecular formula is C10H19NO3S. The van der Waals surface area contributed by atoms with Crippen molar-refractivity contribution in [3.05, 3.63) is 0 Å². The SMILES string of the molecule is COC(=O)C1(N)CCCC(SCCO)C1. The summed E-state index contributed by atoms with van der Waals surface area (Å²) < 4.78 is 4.72. The molecule has 0 aromatic rings. The molecule has 0 aromatic carbocycles. The summed E-state index contributed by atoms with van der Waals surface area (Å²) in [5.74, 6) is 0.402. The van der Waals surface area contributed by atoms with E-state index in [0.717, 1.165) is 12.8 Å². The lowest BCUT2D eigenvalue weighted by atomic mass is 9.82. The number of hydrogen-bond donors (Lipinski definition) is 2. The van der Waals surface area contributed by atoms with E-state index in [9.17, 15) is 4.79 Å². The molecule has 0 amide bonds. The Morgan fingerprint density at radius 1 is 1.73 bits per heavy atom. The van der Waals surface area contributed by atoms with E-state index >= 15 is 0 Å². The fourth-order valence-electron chi connectivity index (χ4n) is 2.01. The van der Waals surface area contributed by atoms with Crippen LogP contribution in [0.2, 0.25) is 0 Å². The fourth-order valence-corrected chi connectivity index (χ4v) is 3.19. The molecule has 0 aromatic heterocycles. The molecule has 4 nitrogen and oxygen atoms in total. The zero-order valence-corrected chi connectivity index (χ0v) is 9.89. The van der Waals surface area contributed by atoms with Gasteiger partial charge in [0.15, 0.2) is 0 Å². The average Bonchev–Trinajstić information content (AvgIpc) is 2.25. The van der Waals surface area contributed by atoms with Crippen molar-refractivity contribution >= 4 is 17.7 Å². The molecular weight excluding hydrogens is 214 g/mol. The van der Waals surface area contributed by atoms with Crippen LogP contribution in [0.3, 0.4) is 0 Å². The van der Waals surface area contributed by atoms with Crippen molar-refractivity contribution in [2.45, 2.75) is 36.5 Å². The minimum Gasteiger partial charge on any atom is -0.468 e. The third-order valence-corrected chi connectivity index (χ3v) is 4.07. The van der Waals surface area contributed by atoms with E-state index < -0.39 is 5.54 Å². The zero-order chi connectivity index (χ0) is 11.3. The highest BCUT2D eigenvalue weighted by molar-refractivity contribution is 7.99. The third-order valence-electron chi connectivity index (χ3n) is 2.78. The van der Waals surface area contributed by atoms with E-state index in [2.05, 4.69) is 0 Å². The van der Waals surface area contributed by atoms with Crippen molar-refractivity contribution in [1.29, 1.82) is 0 Å². The van der Waals surface area contributed by atoms with Gasteiger partial charge in [0, 0.05) is 11.0 Å². The average molecular weight is 233 g/mol. The number of methoxy groups -OCH3 is 1. The lowest BCUT2D eigenvalue weighted by molar-refractivity contribution is -0.148. The summed E-state index contributed by atoms with van der Waals surface area (Å²) in [6, 6.07) is 0. The molecule has 15 heavy (non-hydrogen) atoms. The number of aliphatic hydroxyl groups excluding tert-OH is 1.